The highest BCUT2D eigenvalue weighted by atomic mass is 32.1. The van der Waals surface area contributed by atoms with Crippen LogP contribution < -0.4 is 10.9 Å². The maximum absolute atomic E-state index is 12.4. The Balaban J connectivity index is 1.50. The van der Waals surface area contributed by atoms with E-state index >= 15 is 0 Å². The number of hydrogen-bond acceptors (Lipinski definition) is 7. The zero-order chi connectivity index (χ0) is 18.1. The fourth-order valence-corrected chi connectivity index (χ4v) is 3.93. The van der Waals surface area contributed by atoms with E-state index in [9.17, 15) is 4.79 Å². The SMILES string of the molecule is Cc1cc(C)n(-c2ccc(=O)n(C3CCC(Nc4cnsn4)CC3)n2)n1. The maximum Gasteiger partial charge on any atom is 0.267 e. The van der Waals surface area contributed by atoms with Gasteiger partial charge in [-0.2, -0.15) is 13.8 Å². The molecule has 1 fully saturated rings. The van der Waals surface area contributed by atoms with E-state index in [0.29, 0.717) is 11.9 Å². The molecular weight excluding hydrogens is 350 g/mol. The second kappa shape index (κ2) is 6.99. The van der Waals surface area contributed by atoms with E-state index in [2.05, 4.69) is 24.3 Å². The summed E-state index contributed by atoms with van der Waals surface area (Å²) in [5, 5.41) is 12.5. The molecule has 1 aliphatic carbocycles. The molecule has 9 heteroatoms. The summed E-state index contributed by atoms with van der Waals surface area (Å²) in [6.45, 7) is 3.94. The summed E-state index contributed by atoms with van der Waals surface area (Å²) in [5.74, 6) is 1.52. The summed E-state index contributed by atoms with van der Waals surface area (Å²) in [5.41, 5.74) is 1.88. The lowest BCUT2D eigenvalue weighted by Gasteiger charge is -2.29. The standard InChI is InChI=1S/C17H21N7OS/c1-11-9-12(2)23(20-11)16-7-8-17(25)24(21-16)14-5-3-13(4-6-14)19-15-10-18-26-22-15/h7-10,13-14H,3-6H2,1-2H3,(H,19,22). The smallest absolute Gasteiger partial charge is 0.267 e. The minimum Gasteiger partial charge on any atom is -0.365 e. The van der Waals surface area contributed by atoms with Crippen molar-refractivity contribution in [2.24, 2.45) is 0 Å². The largest absolute Gasteiger partial charge is 0.365 e. The van der Waals surface area contributed by atoms with Crippen LogP contribution >= 0.6 is 11.7 Å². The first-order valence-corrected chi connectivity index (χ1v) is 9.51. The Kier molecular flexibility index (Phi) is 4.54. The third-order valence-electron chi connectivity index (χ3n) is 4.79. The monoisotopic (exact) mass is 371 g/mol. The Morgan fingerprint density at radius 2 is 1.96 bits per heavy atom. The predicted molar refractivity (Wildman–Crippen MR) is 99.9 cm³/mol. The van der Waals surface area contributed by atoms with Gasteiger partial charge in [0, 0.05) is 17.8 Å². The van der Waals surface area contributed by atoms with Gasteiger partial charge in [0.1, 0.15) is 0 Å². The van der Waals surface area contributed by atoms with Crippen molar-refractivity contribution in [2.45, 2.75) is 51.6 Å². The fourth-order valence-electron chi connectivity index (χ4n) is 3.55. The Labute approximate surface area is 155 Å². The van der Waals surface area contributed by atoms with Crippen LogP contribution in [0.4, 0.5) is 5.82 Å². The van der Waals surface area contributed by atoms with E-state index in [1.165, 1.54) is 11.7 Å². The third kappa shape index (κ3) is 3.39. The highest BCUT2D eigenvalue weighted by molar-refractivity contribution is 6.99. The molecule has 1 N–H and O–H groups in total. The van der Waals surface area contributed by atoms with Gasteiger partial charge in [-0.3, -0.25) is 4.79 Å². The van der Waals surface area contributed by atoms with Gasteiger partial charge in [0.05, 0.1) is 29.7 Å². The fraction of sp³-hybridized carbons (Fsp3) is 0.471. The van der Waals surface area contributed by atoms with Gasteiger partial charge >= 0.3 is 0 Å². The van der Waals surface area contributed by atoms with Crippen molar-refractivity contribution in [1.82, 2.24) is 28.3 Å². The van der Waals surface area contributed by atoms with Crippen molar-refractivity contribution in [1.29, 1.82) is 0 Å². The average Bonchev–Trinajstić information content (AvgIpc) is 3.25. The Bertz CT molecular complexity index is 938. The topological polar surface area (TPSA) is 90.5 Å². The number of aromatic nitrogens is 6. The van der Waals surface area contributed by atoms with Gasteiger partial charge in [0.2, 0.25) is 0 Å². The zero-order valence-corrected chi connectivity index (χ0v) is 15.6. The molecule has 0 atom stereocenters. The number of nitrogens with zero attached hydrogens (tertiary/aromatic N) is 6. The molecule has 0 aromatic carbocycles. The molecule has 0 saturated heterocycles. The highest BCUT2D eigenvalue weighted by Gasteiger charge is 2.24. The minimum atomic E-state index is -0.0598. The van der Waals surface area contributed by atoms with Crippen LogP contribution in [0.5, 0.6) is 0 Å². The quantitative estimate of drug-likeness (QED) is 0.758. The number of hydrogen-bond donors (Lipinski definition) is 1. The Morgan fingerprint density at radius 1 is 1.15 bits per heavy atom. The maximum atomic E-state index is 12.4. The van der Waals surface area contributed by atoms with Gasteiger partial charge in [0.15, 0.2) is 11.6 Å². The van der Waals surface area contributed by atoms with Crippen molar-refractivity contribution >= 4 is 17.5 Å². The number of anilines is 1. The van der Waals surface area contributed by atoms with E-state index in [1.54, 1.807) is 27.7 Å². The van der Waals surface area contributed by atoms with E-state index in [1.807, 2.05) is 19.9 Å². The molecule has 8 nitrogen and oxygen atoms in total. The van der Waals surface area contributed by atoms with Crippen LogP contribution in [0.1, 0.15) is 43.1 Å². The van der Waals surface area contributed by atoms with Gasteiger partial charge < -0.3 is 5.32 Å². The summed E-state index contributed by atoms with van der Waals surface area (Å²) < 4.78 is 11.6. The molecule has 0 aliphatic heterocycles. The van der Waals surface area contributed by atoms with E-state index in [4.69, 9.17) is 0 Å². The second-order valence-corrected chi connectivity index (χ2v) is 7.31. The molecule has 0 spiro atoms. The molecule has 26 heavy (non-hydrogen) atoms. The molecule has 1 saturated carbocycles. The summed E-state index contributed by atoms with van der Waals surface area (Å²) in [4.78, 5) is 12.4. The molecule has 3 aromatic heterocycles. The lowest BCUT2D eigenvalue weighted by atomic mass is 9.91. The molecule has 3 heterocycles. The molecule has 0 radical (unpaired) electrons. The minimum absolute atomic E-state index is 0.0598. The van der Waals surface area contributed by atoms with Crippen LogP contribution in [0, 0.1) is 13.8 Å². The van der Waals surface area contributed by atoms with Crippen LogP contribution in [-0.2, 0) is 0 Å². The van der Waals surface area contributed by atoms with Crippen molar-refractivity contribution in [3.8, 4) is 5.82 Å². The first kappa shape index (κ1) is 16.9. The number of rotatable bonds is 4. The lowest BCUT2D eigenvalue weighted by molar-refractivity contribution is 0.302. The molecule has 0 unspecified atom stereocenters. The van der Waals surface area contributed by atoms with Gasteiger partial charge in [-0.05, 0) is 51.7 Å². The summed E-state index contributed by atoms with van der Waals surface area (Å²) in [7, 11) is 0. The van der Waals surface area contributed by atoms with Gasteiger partial charge in [-0.25, -0.2) is 9.36 Å². The molecule has 1 aliphatic rings. The molecule has 136 valence electrons. The normalized spacial score (nSPS) is 20.2. The van der Waals surface area contributed by atoms with Crippen LogP contribution in [0.25, 0.3) is 5.82 Å². The number of aryl methyl sites for hydroxylation is 2. The highest BCUT2D eigenvalue weighted by Crippen LogP contribution is 2.28. The number of nitrogens with one attached hydrogen (secondary N) is 1. The molecule has 0 bridgehead atoms. The molecule has 3 aromatic rings. The Hall–Kier alpha value is -2.55. The summed E-state index contributed by atoms with van der Waals surface area (Å²) in [6, 6.07) is 5.81. The van der Waals surface area contributed by atoms with Crippen molar-refractivity contribution < 1.29 is 0 Å². The average molecular weight is 371 g/mol. The predicted octanol–water partition coefficient (Wildman–Crippen LogP) is 2.49. The summed E-state index contributed by atoms with van der Waals surface area (Å²) in [6.07, 6.45) is 5.51. The lowest BCUT2D eigenvalue weighted by Crippen LogP contribution is -2.33. The first-order valence-electron chi connectivity index (χ1n) is 8.78. The molecule has 0 amide bonds. The Morgan fingerprint density at radius 3 is 2.62 bits per heavy atom. The van der Waals surface area contributed by atoms with Crippen LogP contribution in [0.2, 0.25) is 0 Å². The van der Waals surface area contributed by atoms with Crippen molar-refractivity contribution in [3.05, 3.63) is 46.1 Å². The zero-order valence-electron chi connectivity index (χ0n) is 14.8. The van der Waals surface area contributed by atoms with E-state index < -0.39 is 0 Å². The van der Waals surface area contributed by atoms with Crippen LogP contribution in [0.15, 0.2) is 29.2 Å². The third-order valence-corrected chi connectivity index (χ3v) is 5.27. The first-order chi connectivity index (χ1) is 12.6. The van der Waals surface area contributed by atoms with Crippen molar-refractivity contribution in [2.75, 3.05) is 5.32 Å². The van der Waals surface area contributed by atoms with E-state index in [0.717, 1.165) is 42.9 Å². The second-order valence-electron chi connectivity index (χ2n) is 6.76. The van der Waals surface area contributed by atoms with Gasteiger partial charge in [-0.15, -0.1) is 5.10 Å². The summed E-state index contributed by atoms with van der Waals surface area (Å²) >= 11 is 1.20. The van der Waals surface area contributed by atoms with Crippen molar-refractivity contribution in [3.63, 3.8) is 0 Å². The van der Waals surface area contributed by atoms with Gasteiger partial charge in [0.25, 0.3) is 5.56 Å². The van der Waals surface area contributed by atoms with E-state index in [-0.39, 0.29) is 11.6 Å². The van der Waals surface area contributed by atoms with Crippen LogP contribution in [0.3, 0.4) is 0 Å². The molecular formula is C17H21N7OS. The van der Waals surface area contributed by atoms with Crippen LogP contribution in [-0.4, -0.2) is 34.3 Å². The van der Waals surface area contributed by atoms with Gasteiger partial charge in [-0.1, -0.05) is 0 Å². The molecule has 4 rings (SSSR count).